The number of rotatable bonds is 5. The molecule has 0 aliphatic carbocycles. The Hall–Kier alpha value is -2.65. The summed E-state index contributed by atoms with van der Waals surface area (Å²) in [5.74, 6) is 2.92. The minimum absolute atomic E-state index is 0.225. The Bertz CT molecular complexity index is 1030. The highest BCUT2D eigenvalue weighted by molar-refractivity contribution is 5.62. The van der Waals surface area contributed by atoms with Crippen LogP contribution >= 0.6 is 0 Å². The quantitative estimate of drug-likeness (QED) is 0.663. The van der Waals surface area contributed by atoms with E-state index in [1.165, 1.54) is 12.8 Å². The van der Waals surface area contributed by atoms with E-state index in [0.29, 0.717) is 36.1 Å². The first kappa shape index (κ1) is 22.5. The number of hydrogen-bond donors (Lipinski definition) is 1. The van der Waals surface area contributed by atoms with Crippen molar-refractivity contribution in [3.8, 4) is 6.07 Å². The van der Waals surface area contributed by atoms with Crippen LogP contribution in [0.4, 0.5) is 11.5 Å². The molecule has 6 heteroatoms. The van der Waals surface area contributed by atoms with Crippen LogP contribution in [-0.4, -0.2) is 23.1 Å². The minimum atomic E-state index is -0.225. The lowest BCUT2D eigenvalue weighted by Gasteiger charge is -2.36. The van der Waals surface area contributed by atoms with E-state index in [-0.39, 0.29) is 6.10 Å². The van der Waals surface area contributed by atoms with Gasteiger partial charge in [-0.2, -0.15) is 5.26 Å². The predicted molar refractivity (Wildman–Crippen MR) is 128 cm³/mol. The second-order valence-electron chi connectivity index (χ2n) is 9.39. The molecule has 1 fully saturated rings. The zero-order valence-corrected chi connectivity index (χ0v) is 19.8. The standard InChI is InChI=1S/C26H35N5O/c1-5-17(4)18-9-10-21(28)19(13-27)25(18)23-12-22-20(15-32-23)26(30-24(6-2)29-22)31-11-7-8-16(3)14-31/h9-10,16-17,23H,5-8,11-12,14-15,28H2,1-4H3. The van der Waals surface area contributed by atoms with Crippen LogP contribution in [0.3, 0.4) is 0 Å². The number of ether oxygens (including phenoxy) is 1. The first-order chi connectivity index (χ1) is 15.5. The summed E-state index contributed by atoms with van der Waals surface area (Å²) in [6, 6.07) is 6.27. The van der Waals surface area contributed by atoms with Crippen LogP contribution in [0.1, 0.15) is 92.8 Å². The smallest absolute Gasteiger partial charge is 0.138 e. The van der Waals surface area contributed by atoms with Crippen molar-refractivity contribution in [1.29, 1.82) is 5.26 Å². The van der Waals surface area contributed by atoms with Crippen molar-refractivity contribution in [3.05, 3.63) is 45.9 Å². The van der Waals surface area contributed by atoms with E-state index in [0.717, 1.165) is 60.0 Å². The Morgan fingerprint density at radius 3 is 2.81 bits per heavy atom. The average Bonchev–Trinajstić information content (AvgIpc) is 2.82. The molecule has 3 unspecified atom stereocenters. The van der Waals surface area contributed by atoms with Crippen molar-refractivity contribution in [3.63, 3.8) is 0 Å². The maximum absolute atomic E-state index is 9.91. The fourth-order valence-corrected chi connectivity index (χ4v) is 5.06. The van der Waals surface area contributed by atoms with Crippen molar-refractivity contribution in [2.24, 2.45) is 5.92 Å². The van der Waals surface area contributed by atoms with Gasteiger partial charge in [0.25, 0.3) is 0 Å². The van der Waals surface area contributed by atoms with Gasteiger partial charge in [-0.05, 0) is 42.7 Å². The average molecular weight is 434 g/mol. The number of aryl methyl sites for hydroxylation is 1. The van der Waals surface area contributed by atoms with E-state index in [4.69, 9.17) is 20.4 Å². The molecular weight excluding hydrogens is 398 g/mol. The summed E-state index contributed by atoms with van der Waals surface area (Å²) < 4.78 is 6.44. The van der Waals surface area contributed by atoms with Gasteiger partial charge in [0, 0.05) is 42.7 Å². The summed E-state index contributed by atoms with van der Waals surface area (Å²) >= 11 is 0. The second-order valence-corrected chi connectivity index (χ2v) is 9.39. The lowest BCUT2D eigenvalue weighted by atomic mass is 9.85. The number of nitrogen functional groups attached to an aromatic ring is 1. The topological polar surface area (TPSA) is 88.1 Å². The molecule has 2 aliphatic heterocycles. The molecule has 1 aromatic heterocycles. The van der Waals surface area contributed by atoms with Crippen LogP contribution in [0.15, 0.2) is 12.1 Å². The van der Waals surface area contributed by atoms with Gasteiger partial charge >= 0.3 is 0 Å². The van der Waals surface area contributed by atoms with E-state index < -0.39 is 0 Å². The van der Waals surface area contributed by atoms with Crippen molar-refractivity contribution in [2.75, 3.05) is 23.7 Å². The third-order valence-electron chi connectivity index (χ3n) is 7.09. The van der Waals surface area contributed by atoms with E-state index in [1.807, 2.05) is 6.07 Å². The summed E-state index contributed by atoms with van der Waals surface area (Å²) in [7, 11) is 0. The summed E-state index contributed by atoms with van der Waals surface area (Å²) in [5.41, 5.74) is 11.5. The lowest BCUT2D eigenvalue weighted by molar-refractivity contribution is 0.0250. The molecule has 0 radical (unpaired) electrons. The monoisotopic (exact) mass is 433 g/mol. The van der Waals surface area contributed by atoms with Crippen LogP contribution in [0.2, 0.25) is 0 Å². The van der Waals surface area contributed by atoms with Gasteiger partial charge in [0.1, 0.15) is 17.7 Å². The number of benzene rings is 1. The summed E-state index contributed by atoms with van der Waals surface area (Å²) in [6.45, 7) is 11.3. The largest absolute Gasteiger partial charge is 0.398 e. The zero-order chi connectivity index (χ0) is 22.8. The number of fused-ring (bicyclic) bond motifs is 1. The Kier molecular flexibility index (Phi) is 6.66. The number of nitrogens with two attached hydrogens (primary N) is 1. The Morgan fingerprint density at radius 1 is 1.31 bits per heavy atom. The van der Waals surface area contributed by atoms with Gasteiger partial charge < -0.3 is 15.4 Å². The maximum atomic E-state index is 9.91. The number of aromatic nitrogens is 2. The molecule has 4 rings (SSSR count). The lowest BCUT2D eigenvalue weighted by Crippen LogP contribution is -2.37. The second kappa shape index (κ2) is 9.46. The first-order valence-electron chi connectivity index (χ1n) is 12.0. The molecule has 170 valence electrons. The molecule has 3 heterocycles. The molecule has 0 amide bonds. The molecule has 3 atom stereocenters. The first-order valence-corrected chi connectivity index (χ1v) is 12.0. The van der Waals surface area contributed by atoms with Crippen LogP contribution in [0.25, 0.3) is 0 Å². The third-order valence-corrected chi connectivity index (χ3v) is 7.09. The molecule has 2 N–H and O–H groups in total. The van der Waals surface area contributed by atoms with Crippen LogP contribution in [0.5, 0.6) is 0 Å². The fourth-order valence-electron chi connectivity index (χ4n) is 5.06. The van der Waals surface area contributed by atoms with E-state index in [9.17, 15) is 5.26 Å². The van der Waals surface area contributed by atoms with Gasteiger partial charge in [0.2, 0.25) is 0 Å². The predicted octanol–water partition coefficient (Wildman–Crippen LogP) is 5.06. The van der Waals surface area contributed by atoms with E-state index in [2.05, 4.69) is 44.7 Å². The maximum Gasteiger partial charge on any atom is 0.138 e. The number of anilines is 2. The van der Waals surface area contributed by atoms with Gasteiger partial charge in [-0.15, -0.1) is 0 Å². The number of hydrogen-bond acceptors (Lipinski definition) is 6. The van der Waals surface area contributed by atoms with Gasteiger partial charge in [0.15, 0.2) is 0 Å². The van der Waals surface area contributed by atoms with Gasteiger partial charge in [0.05, 0.1) is 24.0 Å². The van der Waals surface area contributed by atoms with E-state index >= 15 is 0 Å². The molecule has 0 spiro atoms. The minimum Gasteiger partial charge on any atom is -0.398 e. The molecule has 6 nitrogen and oxygen atoms in total. The Labute approximate surface area is 191 Å². The van der Waals surface area contributed by atoms with Crippen molar-refractivity contribution >= 4 is 11.5 Å². The molecule has 2 aromatic rings. The number of piperidine rings is 1. The van der Waals surface area contributed by atoms with Gasteiger partial charge in [-0.3, -0.25) is 0 Å². The molecular formula is C26H35N5O. The summed E-state index contributed by atoms with van der Waals surface area (Å²) in [4.78, 5) is 12.3. The number of nitrogens with zero attached hydrogens (tertiary/aromatic N) is 4. The summed E-state index contributed by atoms with van der Waals surface area (Å²) in [6.07, 6.45) is 4.67. The van der Waals surface area contributed by atoms with Crippen molar-refractivity contribution in [2.45, 2.75) is 78.4 Å². The Balaban J connectivity index is 1.76. The normalized spacial score (nSPS) is 21.7. The SMILES string of the molecule is CCc1nc2c(c(N3CCCC(C)C3)n1)COC(c1c(C(C)CC)ccc(N)c1C#N)C2. The van der Waals surface area contributed by atoms with Crippen molar-refractivity contribution in [1.82, 2.24) is 9.97 Å². The molecule has 0 bridgehead atoms. The van der Waals surface area contributed by atoms with E-state index in [1.54, 1.807) is 0 Å². The molecule has 0 saturated carbocycles. The molecule has 32 heavy (non-hydrogen) atoms. The highest BCUT2D eigenvalue weighted by Gasteiger charge is 2.32. The molecule has 1 aromatic carbocycles. The zero-order valence-electron chi connectivity index (χ0n) is 19.8. The highest BCUT2D eigenvalue weighted by atomic mass is 16.5. The fraction of sp³-hybridized carbons (Fsp3) is 0.577. The highest BCUT2D eigenvalue weighted by Crippen LogP contribution is 2.40. The Morgan fingerprint density at radius 2 is 2.12 bits per heavy atom. The molecule has 1 saturated heterocycles. The summed E-state index contributed by atoms with van der Waals surface area (Å²) in [5, 5.41) is 9.91. The number of nitriles is 1. The van der Waals surface area contributed by atoms with Crippen LogP contribution in [-0.2, 0) is 24.2 Å². The van der Waals surface area contributed by atoms with Crippen molar-refractivity contribution < 1.29 is 4.74 Å². The van der Waals surface area contributed by atoms with Crippen LogP contribution < -0.4 is 10.6 Å². The van der Waals surface area contributed by atoms with Gasteiger partial charge in [-0.25, -0.2) is 9.97 Å². The third kappa shape index (κ3) is 4.19. The van der Waals surface area contributed by atoms with Crippen LogP contribution in [0, 0.1) is 17.2 Å². The molecule has 2 aliphatic rings. The van der Waals surface area contributed by atoms with Gasteiger partial charge in [-0.1, -0.05) is 33.8 Å².